The van der Waals surface area contributed by atoms with Crippen molar-refractivity contribution in [2.24, 2.45) is 0 Å². The lowest BCUT2D eigenvalue weighted by atomic mass is 10.4. The standard InChI is InChI=1S/C12H15N7O3/c1-13-10-14-11(19-4-6-21-7-5-19)16-12(15-10)22-9-3-2-8(20)17-18-9/h2-3H,4-7H2,1H3,(H,17,20)(H,13,14,15,16). The molecule has 0 unspecified atom stereocenters. The smallest absolute Gasteiger partial charge is 0.330 e. The molecule has 2 aromatic heterocycles. The molecule has 2 aromatic rings. The number of ether oxygens (including phenoxy) is 2. The minimum Gasteiger partial charge on any atom is -0.403 e. The first-order valence-corrected chi connectivity index (χ1v) is 6.75. The van der Waals surface area contributed by atoms with Crippen LogP contribution in [0.4, 0.5) is 11.9 Å². The Morgan fingerprint density at radius 3 is 2.77 bits per heavy atom. The second kappa shape index (κ2) is 6.35. The number of hydrogen-bond acceptors (Lipinski definition) is 9. The van der Waals surface area contributed by atoms with Crippen molar-refractivity contribution in [1.29, 1.82) is 0 Å². The number of anilines is 2. The number of nitrogens with zero attached hydrogens (tertiary/aromatic N) is 5. The fourth-order valence-electron chi connectivity index (χ4n) is 1.89. The van der Waals surface area contributed by atoms with Crippen LogP contribution >= 0.6 is 0 Å². The zero-order chi connectivity index (χ0) is 15.4. The summed E-state index contributed by atoms with van der Waals surface area (Å²) in [6.45, 7) is 2.64. The highest BCUT2D eigenvalue weighted by atomic mass is 16.5. The average molecular weight is 305 g/mol. The molecule has 116 valence electrons. The van der Waals surface area contributed by atoms with E-state index in [2.05, 4.69) is 30.5 Å². The predicted molar refractivity (Wildman–Crippen MR) is 77.3 cm³/mol. The third-order valence-electron chi connectivity index (χ3n) is 2.97. The molecule has 3 rings (SSSR count). The van der Waals surface area contributed by atoms with Gasteiger partial charge in [0.05, 0.1) is 13.2 Å². The molecule has 3 heterocycles. The van der Waals surface area contributed by atoms with E-state index in [4.69, 9.17) is 9.47 Å². The number of H-pyrrole nitrogens is 1. The summed E-state index contributed by atoms with van der Waals surface area (Å²) in [5.41, 5.74) is -0.312. The van der Waals surface area contributed by atoms with Gasteiger partial charge >= 0.3 is 6.01 Å². The lowest BCUT2D eigenvalue weighted by molar-refractivity contribution is 0.122. The zero-order valence-corrected chi connectivity index (χ0v) is 11.9. The van der Waals surface area contributed by atoms with E-state index < -0.39 is 0 Å². The number of nitrogens with one attached hydrogen (secondary N) is 2. The summed E-state index contributed by atoms with van der Waals surface area (Å²) in [6.07, 6.45) is 0. The highest BCUT2D eigenvalue weighted by Gasteiger charge is 2.17. The van der Waals surface area contributed by atoms with Gasteiger partial charge in [-0.05, 0) is 0 Å². The van der Waals surface area contributed by atoms with Crippen LogP contribution in [-0.2, 0) is 4.74 Å². The van der Waals surface area contributed by atoms with Crippen molar-refractivity contribution in [1.82, 2.24) is 25.1 Å². The molecule has 10 heteroatoms. The van der Waals surface area contributed by atoms with Gasteiger partial charge in [0.15, 0.2) is 0 Å². The second-order valence-corrected chi connectivity index (χ2v) is 4.45. The fourth-order valence-corrected chi connectivity index (χ4v) is 1.89. The largest absolute Gasteiger partial charge is 0.403 e. The minimum atomic E-state index is -0.312. The van der Waals surface area contributed by atoms with Gasteiger partial charge in [0, 0.05) is 32.3 Å². The average Bonchev–Trinajstić information content (AvgIpc) is 2.57. The van der Waals surface area contributed by atoms with Gasteiger partial charge in [-0.25, -0.2) is 5.10 Å². The lowest BCUT2D eigenvalue weighted by Gasteiger charge is -2.26. The third-order valence-corrected chi connectivity index (χ3v) is 2.97. The molecule has 0 radical (unpaired) electrons. The van der Waals surface area contributed by atoms with Crippen LogP contribution in [0.1, 0.15) is 0 Å². The van der Waals surface area contributed by atoms with Crippen LogP contribution < -0.4 is 20.5 Å². The van der Waals surface area contributed by atoms with Crippen molar-refractivity contribution in [3.05, 3.63) is 22.5 Å². The topological polar surface area (TPSA) is 118 Å². The first kappa shape index (κ1) is 14.2. The van der Waals surface area contributed by atoms with E-state index in [1.807, 2.05) is 4.90 Å². The maximum Gasteiger partial charge on any atom is 0.330 e. The maximum atomic E-state index is 11.0. The maximum absolute atomic E-state index is 11.0. The Bertz CT molecular complexity index is 679. The van der Waals surface area contributed by atoms with E-state index in [1.54, 1.807) is 7.05 Å². The molecule has 0 aromatic carbocycles. The summed E-state index contributed by atoms with van der Waals surface area (Å²) in [6, 6.07) is 2.85. The number of aromatic amines is 1. The minimum absolute atomic E-state index is 0.0976. The molecule has 0 amide bonds. The van der Waals surface area contributed by atoms with Crippen molar-refractivity contribution in [3.63, 3.8) is 0 Å². The molecule has 10 nitrogen and oxygen atoms in total. The van der Waals surface area contributed by atoms with E-state index in [0.29, 0.717) is 38.2 Å². The van der Waals surface area contributed by atoms with Gasteiger partial charge in [0.25, 0.3) is 5.56 Å². The number of hydrogen-bond donors (Lipinski definition) is 2. The predicted octanol–water partition coefficient (Wildman–Crippen LogP) is -0.374. The number of rotatable bonds is 4. The first-order valence-electron chi connectivity index (χ1n) is 6.75. The van der Waals surface area contributed by atoms with Crippen LogP contribution in [0.3, 0.4) is 0 Å². The Hall–Kier alpha value is -2.75. The van der Waals surface area contributed by atoms with Gasteiger partial charge in [-0.1, -0.05) is 0 Å². The van der Waals surface area contributed by atoms with Crippen LogP contribution in [0.5, 0.6) is 11.9 Å². The quantitative estimate of drug-likeness (QED) is 0.779. The van der Waals surface area contributed by atoms with Crippen molar-refractivity contribution in [2.45, 2.75) is 0 Å². The number of morpholine rings is 1. The van der Waals surface area contributed by atoms with Crippen LogP contribution in [0.25, 0.3) is 0 Å². The van der Waals surface area contributed by atoms with Gasteiger partial charge in [-0.15, -0.1) is 5.10 Å². The van der Waals surface area contributed by atoms with Crippen LogP contribution in [0.15, 0.2) is 16.9 Å². The number of aromatic nitrogens is 5. The molecule has 22 heavy (non-hydrogen) atoms. The van der Waals surface area contributed by atoms with Crippen LogP contribution in [0, 0.1) is 0 Å². The Labute approximate surface area is 125 Å². The van der Waals surface area contributed by atoms with E-state index in [-0.39, 0.29) is 17.4 Å². The second-order valence-electron chi connectivity index (χ2n) is 4.45. The summed E-state index contributed by atoms with van der Waals surface area (Å²) in [5.74, 6) is 1.08. The van der Waals surface area contributed by atoms with Crippen LogP contribution in [0.2, 0.25) is 0 Å². The van der Waals surface area contributed by atoms with Crippen LogP contribution in [-0.4, -0.2) is 58.5 Å². The summed E-state index contributed by atoms with van der Waals surface area (Å²) in [4.78, 5) is 25.7. The first-order chi connectivity index (χ1) is 10.7. The molecule has 1 saturated heterocycles. The molecule has 1 aliphatic heterocycles. The monoisotopic (exact) mass is 305 g/mol. The Kier molecular flexibility index (Phi) is 4.10. The van der Waals surface area contributed by atoms with E-state index in [1.165, 1.54) is 12.1 Å². The SMILES string of the molecule is CNc1nc(Oc2ccc(=O)[nH]n2)nc(N2CCOCC2)n1. The summed E-state index contributed by atoms with van der Waals surface area (Å²) >= 11 is 0. The van der Waals surface area contributed by atoms with Crippen molar-refractivity contribution in [2.75, 3.05) is 43.6 Å². The third kappa shape index (κ3) is 3.28. The zero-order valence-electron chi connectivity index (χ0n) is 11.9. The highest BCUT2D eigenvalue weighted by Crippen LogP contribution is 2.19. The Balaban J connectivity index is 1.86. The molecule has 1 fully saturated rings. The van der Waals surface area contributed by atoms with Gasteiger partial charge in [0.2, 0.25) is 17.8 Å². The lowest BCUT2D eigenvalue weighted by Crippen LogP contribution is -2.37. The van der Waals surface area contributed by atoms with E-state index in [0.717, 1.165) is 0 Å². The van der Waals surface area contributed by atoms with Gasteiger partial charge < -0.3 is 19.7 Å². The summed E-state index contributed by atoms with van der Waals surface area (Å²) < 4.78 is 10.8. The van der Waals surface area contributed by atoms with Crippen molar-refractivity contribution >= 4 is 11.9 Å². The molecule has 1 aliphatic rings. The van der Waals surface area contributed by atoms with Gasteiger partial charge in [-0.3, -0.25) is 4.79 Å². The normalized spacial score (nSPS) is 14.7. The summed E-state index contributed by atoms with van der Waals surface area (Å²) in [7, 11) is 1.71. The van der Waals surface area contributed by atoms with E-state index >= 15 is 0 Å². The molecule has 0 aliphatic carbocycles. The van der Waals surface area contributed by atoms with Crippen molar-refractivity contribution in [3.8, 4) is 11.9 Å². The molecule has 0 spiro atoms. The van der Waals surface area contributed by atoms with E-state index in [9.17, 15) is 4.79 Å². The molecular formula is C12H15N7O3. The fraction of sp³-hybridized carbons (Fsp3) is 0.417. The van der Waals surface area contributed by atoms with Gasteiger partial charge in [-0.2, -0.15) is 15.0 Å². The summed E-state index contributed by atoms with van der Waals surface area (Å²) in [5, 5.41) is 8.90. The molecule has 0 atom stereocenters. The van der Waals surface area contributed by atoms with Gasteiger partial charge in [0.1, 0.15) is 0 Å². The highest BCUT2D eigenvalue weighted by molar-refractivity contribution is 5.38. The molecule has 0 bridgehead atoms. The molecule has 2 N–H and O–H groups in total. The molecule has 0 saturated carbocycles. The molecular weight excluding hydrogens is 290 g/mol. The Morgan fingerprint density at radius 1 is 1.27 bits per heavy atom. The Morgan fingerprint density at radius 2 is 2.09 bits per heavy atom. The van der Waals surface area contributed by atoms with Crippen molar-refractivity contribution < 1.29 is 9.47 Å².